The maximum Gasteiger partial charge on any atom is 0.323 e. The van der Waals surface area contributed by atoms with Gasteiger partial charge in [-0.2, -0.15) is 0 Å². The van der Waals surface area contributed by atoms with Crippen molar-refractivity contribution in [3.05, 3.63) is 16.8 Å². The molecule has 1 aliphatic rings. The van der Waals surface area contributed by atoms with Gasteiger partial charge in [-0.25, -0.2) is 9.97 Å². The van der Waals surface area contributed by atoms with E-state index in [4.69, 9.17) is 5.11 Å². The van der Waals surface area contributed by atoms with E-state index in [9.17, 15) is 9.59 Å². The second-order valence-corrected chi connectivity index (χ2v) is 7.87. The van der Waals surface area contributed by atoms with Crippen LogP contribution in [-0.4, -0.2) is 58.0 Å². The third-order valence-electron chi connectivity index (χ3n) is 5.11. The third-order valence-corrected chi connectivity index (χ3v) is 6.22. The number of aryl methyl sites for hydroxylation is 2. The van der Waals surface area contributed by atoms with Gasteiger partial charge in [0.05, 0.1) is 5.39 Å². The first-order valence-electron chi connectivity index (χ1n) is 8.88. The zero-order valence-electron chi connectivity index (χ0n) is 15.4. The lowest BCUT2D eigenvalue weighted by atomic mass is 9.95. The zero-order valence-corrected chi connectivity index (χ0v) is 16.2. The minimum Gasteiger partial charge on any atom is -0.480 e. The summed E-state index contributed by atoms with van der Waals surface area (Å²) in [6, 6.07) is 0. The van der Waals surface area contributed by atoms with Crippen LogP contribution >= 0.6 is 11.3 Å². The van der Waals surface area contributed by atoms with E-state index >= 15 is 0 Å². The summed E-state index contributed by atoms with van der Waals surface area (Å²) in [5.74, 6) is -0.192. The normalized spacial score (nSPS) is 15.4. The molecule has 1 fully saturated rings. The molecular weight excluding hydrogens is 352 g/mol. The Kier molecular flexibility index (Phi) is 5.41. The topological polar surface area (TPSA) is 86.6 Å². The van der Waals surface area contributed by atoms with Crippen molar-refractivity contribution < 1.29 is 14.7 Å². The molecule has 0 radical (unpaired) electrons. The number of thiophene rings is 1. The molecule has 140 valence electrons. The van der Waals surface area contributed by atoms with Gasteiger partial charge >= 0.3 is 5.97 Å². The van der Waals surface area contributed by atoms with Gasteiger partial charge in [0.25, 0.3) is 0 Å². The van der Waals surface area contributed by atoms with E-state index in [0.717, 1.165) is 29.1 Å². The Hall–Kier alpha value is -2.22. The van der Waals surface area contributed by atoms with E-state index in [0.29, 0.717) is 19.4 Å². The first-order chi connectivity index (χ1) is 12.4. The number of fused-ring (bicyclic) bond motifs is 1. The standard InChI is InChI=1S/C18H24N4O3S/c1-4-21(9-14(23)24)18(25)13-5-7-22(8-6-13)16-15-11(2)12(3)26-17(15)20-10-19-16/h10,13H,4-9H2,1-3H3,(H,23,24). The fraction of sp³-hybridized carbons (Fsp3) is 0.556. The highest BCUT2D eigenvalue weighted by molar-refractivity contribution is 7.18. The molecule has 26 heavy (non-hydrogen) atoms. The number of amides is 1. The number of anilines is 1. The molecule has 1 N–H and O–H groups in total. The molecule has 3 heterocycles. The predicted octanol–water partition coefficient (Wildman–Crippen LogP) is 2.46. The molecule has 7 nitrogen and oxygen atoms in total. The van der Waals surface area contributed by atoms with Gasteiger partial charge in [-0.3, -0.25) is 9.59 Å². The molecule has 2 aromatic heterocycles. The quantitative estimate of drug-likeness (QED) is 0.863. The number of hydrogen-bond donors (Lipinski definition) is 1. The molecule has 0 aliphatic carbocycles. The van der Waals surface area contributed by atoms with Crippen molar-refractivity contribution in [1.29, 1.82) is 0 Å². The van der Waals surface area contributed by atoms with Crippen LogP contribution in [0.15, 0.2) is 6.33 Å². The number of carboxylic acid groups (broad SMARTS) is 1. The number of hydrogen-bond acceptors (Lipinski definition) is 6. The number of aromatic nitrogens is 2. The number of carboxylic acids is 1. The number of carbonyl (C=O) groups excluding carboxylic acids is 1. The molecule has 8 heteroatoms. The first kappa shape index (κ1) is 18.6. The molecule has 0 atom stereocenters. The lowest BCUT2D eigenvalue weighted by molar-refractivity contribution is -0.146. The van der Waals surface area contributed by atoms with Gasteiger partial charge in [0.15, 0.2) is 0 Å². The molecule has 0 bridgehead atoms. The smallest absolute Gasteiger partial charge is 0.323 e. The average Bonchev–Trinajstić information content (AvgIpc) is 2.93. The molecule has 2 aromatic rings. The van der Waals surface area contributed by atoms with E-state index in [2.05, 4.69) is 28.7 Å². The van der Waals surface area contributed by atoms with Gasteiger partial charge in [0.1, 0.15) is 23.5 Å². The van der Waals surface area contributed by atoms with Crippen molar-refractivity contribution in [3.63, 3.8) is 0 Å². The van der Waals surface area contributed by atoms with Gasteiger partial charge in [0.2, 0.25) is 5.91 Å². The Morgan fingerprint density at radius 1 is 1.31 bits per heavy atom. The van der Waals surface area contributed by atoms with E-state index in [1.54, 1.807) is 17.7 Å². The molecule has 0 saturated carbocycles. The Bertz CT molecular complexity index is 827. The number of likely N-dealkylation sites (N-methyl/N-ethyl adjacent to an activating group) is 1. The first-order valence-corrected chi connectivity index (χ1v) is 9.70. The van der Waals surface area contributed by atoms with Gasteiger partial charge in [-0.15, -0.1) is 11.3 Å². The van der Waals surface area contributed by atoms with Gasteiger partial charge in [-0.05, 0) is 39.2 Å². The van der Waals surface area contributed by atoms with Gasteiger partial charge in [0, 0.05) is 30.4 Å². The highest BCUT2D eigenvalue weighted by atomic mass is 32.1. The summed E-state index contributed by atoms with van der Waals surface area (Å²) in [4.78, 5) is 38.3. The van der Waals surface area contributed by atoms with E-state index in [1.165, 1.54) is 15.3 Å². The van der Waals surface area contributed by atoms with Gasteiger partial charge < -0.3 is 14.9 Å². The number of carbonyl (C=O) groups is 2. The Morgan fingerprint density at radius 2 is 2.00 bits per heavy atom. The Balaban J connectivity index is 1.73. The molecule has 0 spiro atoms. The average molecular weight is 376 g/mol. The van der Waals surface area contributed by atoms with Crippen molar-refractivity contribution in [1.82, 2.24) is 14.9 Å². The number of nitrogens with zero attached hydrogens (tertiary/aromatic N) is 4. The summed E-state index contributed by atoms with van der Waals surface area (Å²) in [5, 5.41) is 10.1. The predicted molar refractivity (Wildman–Crippen MR) is 102 cm³/mol. The van der Waals surface area contributed by atoms with Crippen molar-refractivity contribution in [3.8, 4) is 0 Å². The molecular formula is C18H24N4O3S. The Labute approximate surface area is 156 Å². The summed E-state index contributed by atoms with van der Waals surface area (Å²) in [6.45, 7) is 7.68. The van der Waals surface area contributed by atoms with Crippen LogP contribution < -0.4 is 4.90 Å². The van der Waals surface area contributed by atoms with Crippen LogP contribution in [0.25, 0.3) is 10.2 Å². The fourth-order valence-corrected chi connectivity index (χ4v) is 4.50. The fourth-order valence-electron chi connectivity index (χ4n) is 3.51. The monoisotopic (exact) mass is 376 g/mol. The summed E-state index contributed by atoms with van der Waals surface area (Å²) in [6.07, 6.45) is 3.03. The molecule has 3 rings (SSSR count). The van der Waals surface area contributed by atoms with Crippen LogP contribution in [0.1, 0.15) is 30.2 Å². The van der Waals surface area contributed by atoms with Crippen molar-refractivity contribution in [2.75, 3.05) is 31.1 Å². The SMILES string of the molecule is CCN(CC(=O)O)C(=O)C1CCN(c2ncnc3sc(C)c(C)c23)CC1. The van der Waals surface area contributed by atoms with Crippen LogP contribution in [0.4, 0.5) is 5.82 Å². The van der Waals surface area contributed by atoms with E-state index in [1.807, 2.05) is 6.92 Å². The maximum absolute atomic E-state index is 12.6. The largest absolute Gasteiger partial charge is 0.480 e. The van der Waals surface area contributed by atoms with Crippen LogP contribution in [0, 0.1) is 19.8 Å². The molecule has 0 aromatic carbocycles. The van der Waals surface area contributed by atoms with Crippen molar-refractivity contribution in [2.24, 2.45) is 5.92 Å². The van der Waals surface area contributed by atoms with Crippen LogP contribution in [0.3, 0.4) is 0 Å². The zero-order chi connectivity index (χ0) is 18.8. The molecule has 0 unspecified atom stereocenters. The molecule has 1 saturated heterocycles. The molecule has 1 amide bonds. The number of rotatable bonds is 5. The van der Waals surface area contributed by atoms with Crippen molar-refractivity contribution >= 4 is 39.2 Å². The Morgan fingerprint density at radius 3 is 2.62 bits per heavy atom. The van der Waals surface area contributed by atoms with E-state index in [-0.39, 0.29) is 18.4 Å². The summed E-state index contributed by atoms with van der Waals surface area (Å²) in [7, 11) is 0. The highest BCUT2D eigenvalue weighted by Crippen LogP contribution is 2.35. The van der Waals surface area contributed by atoms with Crippen LogP contribution in [0.2, 0.25) is 0 Å². The number of aliphatic carboxylic acids is 1. The summed E-state index contributed by atoms with van der Waals surface area (Å²) < 4.78 is 0. The van der Waals surface area contributed by atoms with Gasteiger partial charge in [-0.1, -0.05) is 0 Å². The van der Waals surface area contributed by atoms with Crippen LogP contribution in [-0.2, 0) is 9.59 Å². The molecule has 1 aliphatic heterocycles. The third kappa shape index (κ3) is 3.51. The highest BCUT2D eigenvalue weighted by Gasteiger charge is 2.30. The van der Waals surface area contributed by atoms with Crippen molar-refractivity contribution in [2.45, 2.75) is 33.6 Å². The minimum atomic E-state index is -0.968. The number of piperidine rings is 1. The minimum absolute atomic E-state index is 0.0510. The second-order valence-electron chi connectivity index (χ2n) is 6.67. The summed E-state index contributed by atoms with van der Waals surface area (Å²) in [5.41, 5.74) is 1.22. The lowest BCUT2D eigenvalue weighted by Gasteiger charge is -2.34. The maximum atomic E-state index is 12.6. The van der Waals surface area contributed by atoms with Crippen LogP contribution in [0.5, 0.6) is 0 Å². The lowest BCUT2D eigenvalue weighted by Crippen LogP contribution is -2.44. The van der Waals surface area contributed by atoms with E-state index < -0.39 is 5.97 Å². The second kappa shape index (κ2) is 7.57. The summed E-state index contributed by atoms with van der Waals surface area (Å²) >= 11 is 1.68.